The third-order valence-corrected chi connectivity index (χ3v) is 4.26. The minimum Gasteiger partial charge on any atom is -0.356 e. The molecule has 1 saturated carbocycles. The van der Waals surface area contributed by atoms with Gasteiger partial charge in [0.2, 0.25) is 0 Å². The fraction of sp³-hybridized carbons (Fsp3) is 0.615. The van der Waals surface area contributed by atoms with Gasteiger partial charge in [-0.25, -0.2) is 0 Å². The number of nitrogens with one attached hydrogen (secondary N) is 2. The molecule has 2 N–H and O–H groups in total. The molecule has 2 rings (SSSR count). The van der Waals surface area contributed by atoms with E-state index in [0.29, 0.717) is 16.7 Å². The van der Waals surface area contributed by atoms with Crippen LogP contribution in [0.15, 0.2) is 11.1 Å². The van der Waals surface area contributed by atoms with Crippen LogP contribution in [0.25, 0.3) is 0 Å². The van der Waals surface area contributed by atoms with Crippen LogP contribution in [-0.2, 0) is 13.6 Å². The van der Waals surface area contributed by atoms with Gasteiger partial charge in [0.05, 0.1) is 11.6 Å². The normalized spacial score (nSPS) is 15.7. The summed E-state index contributed by atoms with van der Waals surface area (Å²) >= 11 is 12.0. The number of hydrogen-bond donors (Lipinski definition) is 2. The smallest absolute Gasteiger partial charge is 0.191 e. The van der Waals surface area contributed by atoms with Crippen LogP contribution in [0.3, 0.4) is 0 Å². The molecule has 1 heterocycles. The Balaban J connectivity index is 1.79. The minimum absolute atomic E-state index is 0.565. The van der Waals surface area contributed by atoms with Gasteiger partial charge in [0.1, 0.15) is 5.15 Å². The lowest BCUT2D eigenvalue weighted by Crippen LogP contribution is -2.37. The van der Waals surface area contributed by atoms with Crippen molar-refractivity contribution in [2.45, 2.75) is 25.8 Å². The van der Waals surface area contributed by atoms with Gasteiger partial charge in [0.25, 0.3) is 0 Å². The predicted molar refractivity (Wildman–Crippen MR) is 81.0 cm³/mol. The highest BCUT2D eigenvalue weighted by Crippen LogP contribution is 2.31. The summed E-state index contributed by atoms with van der Waals surface area (Å²) in [5, 5.41) is 7.72. The second-order valence-electron chi connectivity index (χ2n) is 4.92. The Morgan fingerprint density at radius 3 is 2.68 bits per heavy atom. The zero-order chi connectivity index (χ0) is 13.8. The van der Waals surface area contributed by atoms with Gasteiger partial charge in [-0.05, 0) is 18.4 Å². The van der Waals surface area contributed by atoms with Crippen molar-refractivity contribution >= 4 is 29.2 Å². The van der Waals surface area contributed by atoms with Gasteiger partial charge >= 0.3 is 0 Å². The monoisotopic (exact) mass is 302 g/mol. The van der Waals surface area contributed by atoms with Crippen molar-refractivity contribution < 1.29 is 0 Å². The molecule has 0 aliphatic heterocycles. The fourth-order valence-corrected chi connectivity index (χ4v) is 2.37. The molecule has 106 valence electrons. The van der Waals surface area contributed by atoms with Crippen molar-refractivity contribution in [2.24, 2.45) is 18.0 Å². The third kappa shape index (κ3) is 4.05. The van der Waals surface area contributed by atoms with Gasteiger partial charge in [-0.1, -0.05) is 36.0 Å². The van der Waals surface area contributed by atoms with Crippen molar-refractivity contribution in [1.29, 1.82) is 0 Å². The minimum atomic E-state index is 0.565. The van der Waals surface area contributed by atoms with Gasteiger partial charge in [-0.3, -0.25) is 4.99 Å². The number of aliphatic imine (C=N–C) groups is 1. The Hall–Kier alpha value is -0.870. The first-order valence-corrected chi connectivity index (χ1v) is 7.31. The quantitative estimate of drug-likeness (QED) is 0.649. The van der Waals surface area contributed by atoms with E-state index in [1.807, 2.05) is 17.7 Å². The van der Waals surface area contributed by atoms with E-state index in [4.69, 9.17) is 23.2 Å². The lowest BCUT2D eigenvalue weighted by molar-refractivity contribution is 0.679. The Morgan fingerprint density at radius 2 is 2.16 bits per heavy atom. The molecule has 0 unspecified atom stereocenters. The molecule has 1 aliphatic carbocycles. The van der Waals surface area contributed by atoms with Crippen LogP contribution in [0, 0.1) is 5.92 Å². The summed E-state index contributed by atoms with van der Waals surface area (Å²) in [6.45, 7) is 1.62. The SMILES string of the molecule is CN=C(NCCC1CC1)NCc1cc(Cl)c(Cl)n1C. The van der Waals surface area contributed by atoms with E-state index in [0.717, 1.165) is 24.1 Å². The molecule has 19 heavy (non-hydrogen) atoms. The number of hydrogen-bond acceptors (Lipinski definition) is 1. The first-order valence-electron chi connectivity index (χ1n) is 6.56. The number of halogens is 2. The summed E-state index contributed by atoms with van der Waals surface area (Å²) in [6.07, 6.45) is 3.99. The van der Waals surface area contributed by atoms with Crippen molar-refractivity contribution in [2.75, 3.05) is 13.6 Å². The highest BCUT2D eigenvalue weighted by molar-refractivity contribution is 6.41. The molecule has 0 amide bonds. The summed E-state index contributed by atoms with van der Waals surface area (Å²) in [7, 11) is 3.67. The summed E-state index contributed by atoms with van der Waals surface area (Å²) in [6, 6.07) is 1.87. The fourth-order valence-electron chi connectivity index (χ4n) is 1.95. The van der Waals surface area contributed by atoms with Gasteiger partial charge in [0, 0.05) is 26.3 Å². The van der Waals surface area contributed by atoms with Gasteiger partial charge in [-0.15, -0.1) is 0 Å². The molecule has 6 heteroatoms. The molecule has 0 aromatic carbocycles. The predicted octanol–water partition coefficient (Wildman–Crippen LogP) is 2.80. The Kier molecular flexibility index (Phi) is 4.99. The highest BCUT2D eigenvalue weighted by Gasteiger charge is 2.20. The van der Waals surface area contributed by atoms with Crippen LogP contribution in [-0.4, -0.2) is 24.1 Å². The Bertz CT molecular complexity index is 463. The molecular weight excluding hydrogens is 283 g/mol. The molecule has 0 bridgehead atoms. The molecule has 0 atom stereocenters. The largest absolute Gasteiger partial charge is 0.356 e. The van der Waals surface area contributed by atoms with Crippen LogP contribution in [0.1, 0.15) is 25.0 Å². The molecular formula is C13H20Cl2N4. The van der Waals surface area contributed by atoms with E-state index >= 15 is 0 Å². The standard InChI is InChI=1S/C13H20Cl2N4/c1-16-13(17-6-5-9-3-4-9)18-8-10-7-11(14)12(15)19(10)2/h7,9H,3-6,8H2,1-2H3,(H2,16,17,18). The Labute approximate surface area is 124 Å². The van der Waals surface area contributed by atoms with Gasteiger partial charge in [0.15, 0.2) is 5.96 Å². The molecule has 0 radical (unpaired) electrons. The zero-order valence-corrected chi connectivity index (χ0v) is 12.9. The van der Waals surface area contributed by atoms with E-state index < -0.39 is 0 Å². The van der Waals surface area contributed by atoms with Crippen molar-refractivity contribution in [3.63, 3.8) is 0 Å². The highest BCUT2D eigenvalue weighted by atomic mass is 35.5. The van der Waals surface area contributed by atoms with Crippen molar-refractivity contribution in [1.82, 2.24) is 15.2 Å². The van der Waals surface area contributed by atoms with E-state index in [-0.39, 0.29) is 0 Å². The number of nitrogens with zero attached hydrogens (tertiary/aromatic N) is 2. The summed E-state index contributed by atoms with van der Waals surface area (Å²) in [5.41, 5.74) is 1.03. The van der Waals surface area contributed by atoms with Gasteiger partial charge in [-0.2, -0.15) is 0 Å². The molecule has 1 fully saturated rings. The molecule has 1 aromatic rings. The number of aromatic nitrogens is 1. The van der Waals surface area contributed by atoms with Crippen LogP contribution >= 0.6 is 23.2 Å². The zero-order valence-electron chi connectivity index (χ0n) is 11.3. The van der Waals surface area contributed by atoms with Crippen LogP contribution in [0.2, 0.25) is 10.2 Å². The molecule has 0 saturated heterocycles. The molecule has 1 aromatic heterocycles. The third-order valence-electron chi connectivity index (χ3n) is 3.42. The molecule has 4 nitrogen and oxygen atoms in total. The first kappa shape index (κ1) is 14.5. The number of rotatable bonds is 5. The van der Waals surface area contributed by atoms with Crippen LogP contribution in [0.5, 0.6) is 0 Å². The second-order valence-corrected chi connectivity index (χ2v) is 5.68. The maximum absolute atomic E-state index is 6.03. The first-order chi connectivity index (χ1) is 9.11. The van der Waals surface area contributed by atoms with E-state index in [1.54, 1.807) is 7.05 Å². The van der Waals surface area contributed by atoms with E-state index in [1.165, 1.54) is 19.3 Å². The summed E-state index contributed by atoms with van der Waals surface area (Å²) in [4.78, 5) is 4.20. The number of guanidine groups is 1. The average molecular weight is 303 g/mol. The Morgan fingerprint density at radius 1 is 1.42 bits per heavy atom. The van der Waals surface area contributed by atoms with E-state index in [2.05, 4.69) is 15.6 Å². The van der Waals surface area contributed by atoms with Crippen molar-refractivity contribution in [3.05, 3.63) is 21.9 Å². The maximum atomic E-state index is 6.03. The van der Waals surface area contributed by atoms with Gasteiger partial charge < -0.3 is 15.2 Å². The van der Waals surface area contributed by atoms with Crippen molar-refractivity contribution in [3.8, 4) is 0 Å². The molecule has 0 spiro atoms. The molecule has 1 aliphatic rings. The lowest BCUT2D eigenvalue weighted by atomic mass is 10.3. The maximum Gasteiger partial charge on any atom is 0.191 e. The second kappa shape index (κ2) is 6.53. The summed E-state index contributed by atoms with van der Waals surface area (Å²) < 4.78 is 1.87. The van der Waals surface area contributed by atoms with E-state index in [9.17, 15) is 0 Å². The van der Waals surface area contributed by atoms with Crippen LogP contribution < -0.4 is 10.6 Å². The average Bonchev–Trinajstić information content (AvgIpc) is 3.19. The topological polar surface area (TPSA) is 41.4 Å². The summed E-state index contributed by atoms with van der Waals surface area (Å²) in [5.74, 6) is 1.74. The van der Waals surface area contributed by atoms with Crippen LogP contribution in [0.4, 0.5) is 0 Å². The lowest BCUT2D eigenvalue weighted by Gasteiger charge is -2.12.